The average molecular weight is 287 g/mol. The van der Waals surface area contributed by atoms with Crippen molar-refractivity contribution in [2.75, 3.05) is 12.3 Å². The summed E-state index contributed by atoms with van der Waals surface area (Å²) in [5.41, 5.74) is 9.64. The number of nitrogens with two attached hydrogens (primary N) is 1. The molecule has 0 aromatic carbocycles. The molecule has 0 bridgehead atoms. The lowest BCUT2D eigenvalue weighted by atomic mass is 9.93. The molecule has 0 atom stereocenters. The largest absolute Gasteiger partial charge is 0.461 e. The minimum atomic E-state index is -0.383. The molecule has 2 N–H and O–H groups in total. The Balaban J connectivity index is 2.19. The lowest BCUT2D eigenvalue weighted by Crippen LogP contribution is -2.12. The van der Waals surface area contributed by atoms with Crippen molar-refractivity contribution in [2.45, 2.75) is 33.2 Å². The second-order valence-electron chi connectivity index (χ2n) is 4.81. The number of fused-ring (bicyclic) bond motifs is 3. The van der Waals surface area contributed by atoms with E-state index in [1.807, 2.05) is 6.92 Å². The summed E-state index contributed by atoms with van der Waals surface area (Å²) in [6.45, 7) is 4.73. The second-order valence-corrected chi connectivity index (χ2v) is 4.81. The van der Waals surface area contributed by atoms with Gasteiger partial charge in [-0.1, -0.05) is 0 Å². The Hall–Kier alpha value is -2.44. The molecule has 0 fully saturated rings. The second kappa shape index (κ2) is 5.16. The monoisotopic (exact) mass is 287 g/mol. The third-order valence-corrected chi connectivity index (χ3v) is 3.57. The highest BCUT2D eigenvalue weighted by Gasteiger charge is 2.29. The number of carbonyl (C=O) groups excluding carboxylic acids is 1. The Morgan fingerprint density at radius 3 is 2.95 bits per heavy atom. The van der Waals surface area contributed by atoms with Crippen molar-refractivity contribution in [3.63, 3.8) is 0 Å². The quantitative estimate of drug-likeness (QED) is 0.853. The van der Waals surface area contributed by atoms with Gasteiger partial charge in [-0.05, 0) is 32.3 Å². The van der Waals surface area contributed by atoms with Gasteiger partial charge in [-0.3, -0.25) is 4.68 Å². The molecule has 2 aromatic rings. The zero-order valence-electron chi connectivity index (χ0n) is 12.1. The van der Waals surface area contributed by atoms with Gasteiger partial charge in [0, 0.05) is 18.3 Å². The molecule has 0 radical (unpaired) electrons. The summed E-state index contributed by atoms with van der Waals surface area (Å²) in [4.78, 5) is 20.4. The predicted molar refractivity (Wildman–Crippen MR) is 76.7 cm³/mol. The lowest BCUT2D eigenvalue weighted by Gasteiger charge is -2.17. The highest BCUT2D eigenvalue weighted by atomic mass is 16.5. The van der Waals surface area contributed by atoms with Crippen molar-refractivity contribution in [1.82, 2.24) is 19.7 Å². The molecule has 0 saturated heterocycles. The van der Waals surface area contributed by atoms with E-state index < -0.39 is 0 Å². The Bertz CT molecular complexity index is 708. The number of anilines is 1. The maximum absolute atomic E-state index is 12.1. The molecule has 1 aliphatic carbocycles. The Morgan fingerprint density at radius 1 is 1.43 bits per heavy atom. The van der Waals surface area contributed by atoms with E-state index in [0.717, 1.165) is 35.4 Å². The first kappa shape index (κ1) is 13.5. The van der Waals surface area contributed by atoms with Crippen molar-refractivity contribution in [1.29, 1.82) is 0 Å². The molecule has 7 nitrogen and oxygen atoms in total. The first-order chi connectivity index (χ1) is 10.2. The van der Waals surface area contributed by atoms with Gasteiger partial charge in [0.05, 0.1) is 18.0 Å². The van der Waals surface area contributed by atoms with Crippen molar-refractivity contribution in [3.8, 4) is 11.4 Å². The zero-order chi connectivity index (χ0) is 15.0. The zero-order valence-corrected chi connectivity index (χ0v) is 12.1. The molecule has 110 valence electrons. The number of aromatic nitrogens is 4. The van der Waals surface area contributed by atoms with Crippen LogP contribution >= 0.6 is 0 Å². The fraction of sp³-hybridized carbons (Fsp3) is 0.429. The number of esters is 1. The maximum Gasteiger partial charge on any atom is 0.359 e. The van der Waals surface area contributed by atoms with Crippen molar-refractivity contribution in [3.05, 3.63) is 23.0 Å². The number of rotatable bonds is 3. The van der Waals surface area contributed by atoms with Gasteiger partial charge in [0.25, 0.3) is 0 Å². The molecule has 21 heavy (non-hydrogen) atoms. The first-order valence-corrected chi connectivity index (χ1v) is 7.04. The van der Waals surface area contributed by atoms with Gasteiger partial charge in [0.1, 0.15) is 0 Å². The van der Waals surface area contributed by atoms with Gasteiger partial charge in [-0.2, -0.15) is 5.10 Å². The molecular weight excluding hydrogens is 270 g/mol. The predicted octanol–water partition coefficient (Wildman–Crippen LogP) is 1.22. The van der Waals surface area contributed by atoms with Crippen LogP contribution in [0.25, 0.3) is 11.4 Å². The van der Waals surface area contributed by atoms with Crippen LogP contribution in [0.5, 0.6) is 0 Å². The van der Waals surface area contributed by atoms with E-state index in [-0.39, 0.29) is 11.9 Å². The number of aryl methyl sites for hydroxylation is 2. The van der Waals surface area contributed by atoms with E-state index >= 15 is 0 Å². The van der Waals surface area contributed by atoms with E-state index in [0.29, 0.717) is 18.8 Å². The van der Waals surface area contributed by atoms with Crippen LogP contribution in [0.3, 0.4) is 0 Å². The topological polar surface area (TPSA) is 95.9 Å². The van der Waals surface area contributed by atoms with E-state index in [1.54, 1.807) is 17.8 Å². The van der Waals surface area contributed by atoms with Crippen LogP contribution in [-0.2, 0) is 24.1 Å². The average Bonchev–Trinajstić information content (AvgIpc) is 2.86. The minimum absolute atomic E-state index is 0.225. The summed E-state index contributed by atoms with van der Waals surface area (Å²) in [6, 6.07) is 0. The number of nitrogen functional groups attached to an aromatic ring is 1. The summed E-state index contributed by atoms with van der Waals surface area (Å²) in [5, 5.41) is 4.40. The van der Waals surface area contributed by atoms with Gasteiger partial charge in [-0.25, -0.2) is 14.8 Å². The summed E-state index contributed by atoms with van der Waals surface area (Å²) in [7, 11) is 0. The molecule has 0 spiro atoms. The Morgan fingerprint density at radius 2 is 2.24 bits per heavy atom. The van der Waals surface area contributed by atoms with Gasteiger partial charge in [0.2, 0.25) is 5.95 Å². The molecule has 3 rings (SSSR count). The summed E-state index contributed by atoms with van der Waals surface area (Å²) >= 11 is 0. The van der Waals surface area contributed by atoms with Crippen LogP contribution in [0.15, 0.2) is 6.20 Å². The first-order valence-electron chi connectivity index (χ1n) is 7.04. The summed E-state index contributed by atoms with van der Waals surface area (Å²) in [6.07, 6.45) is 3.24. The molecular formula is C14H17N5O2. The lowest BCUT2D eigenvalue weighted by molar-refractivity contribution is 0.0517. The molecule has 2 heterocycles. The molecule has 7 heteroatoms. The van der Waals surface area contributed by atoms with Crippen molar-refractivity contribution in [2.24, 2.45) is 0 Å². The Labute approximate surface area is 122 Å². The van der Waals surface area contributed by atoms with Crippen LogP contribution < -0.4 is 5.73 Å². The molecule has 0 saturated carbocycles. The highest BCUT2D eigenvalue weighted by molar-refractivity contribution is 5.91. The maximum atomic E-state index is 12.1. The molecule has 0 aliphatic heterocycles. The molecule has 0 amide bonds. The number of nitrogens with zero attached hydrogens (tertiary/aromatic N) is 4. The molecule has 2 aromatic heterocycles. The van der Waals surface area contributed by atoms with Gasteiger partial charge >= 0.3 is 5.97 Å². The van der Waals surface area contributed by atoms with Crippen LogP contribution in [0.2, 0.25) is 0 Å². The third-order valence-electron chi connectivity index (χ3n) is 3.57. The highest BCUT2D eigenvalue weighted by Crippen LogP contribution is 2.34. The fourth-order valence-electron chi connectivity index (χ4n) is 2.66. The third kappa shape index (κ3) is 2.14. The molecule has 0 unspecified atom stereocenters. The fourth-order valence-corrected chi connectivity index (χ4v) is 2.66. The van der Waals surface area contributed by atoms with Crippen LogP contribution in [-0.4, -0.2) is 32.3 Å². The molecule has 1 aliphatic rings. The van der Waals surface area contributed by atoms with Crippen LogP contribution in [0.4, 0.5) is 5.95 Å². The van der Waals surface area contributed by atoms with E-state index in [1.165, 1.54) is 0 Å². The summed E-state index contributed by atoms with van der Waals surface area (Å²) < 4.78 is 6.88. The smallest absolute Gasteiger partial charge is 0.359 e. The summed E-state index contributed by atoms with van der Waals surface area (Å²) in [5.74, 6) is -0.158. The SMILES string of the molecule is CCOC(=O)c1nn(CC)c2c1CCc1cnc(N)nc1-2. The minimum Gasteiger partial charge on any atom is -0.461 e. The number of ether oxygens (including phenoxy) is 1. The van der Waals surface area contributed by atoms with Gasteiger partial charge < -0.3 is 10.5 Å². The number of hydrogen-bond donors (Lipinski definition) is 1. The van der Waals surface area contributed by atoms with Crippen molar-refractivity contribution < 1.29 is 9.53 Å². The normalized spacial score (nSPS) is 12.7. The number of hydrogen-bond acceptors (Lipinski definition) is 6. The van der Waals surface area contributed by atoms with Crippen molar-refractivity contribution >= 4 is 11.9 Å². The standard InChI is InChI=1S/C14H17N5O2/c1-3-19-12-9(11(18-19)13(20)21-4-2)6-5-8-7-16-14(15)17-10(8)12/h7H,3-6H2,1-2H3,(H2,15,16,17). The Kier molecular flexibility index (Phi) is 3.32. The van der Waals surface area contributed by atoms with Gasteiger partial charge in [-0.15, -0.1) is 0 Å². The van der Waals surface area contributed by atoms with Crippen LogP contribution in [0.1, 0.15) is 35.5 Å². The van der Waals surface area contributed by atoms with Gasteiger partial charge in [0.15, 0.2) is 5.69 Å². The number of carbonyl (C=O) groups is 1. The van der Waals surface area contributed by atoms with Crippen LogP contribution in [0, 0.1) is 0 Å². The van der Waals surface area contributed by atoms with E-state index in [9.17, 15) is 4.79 Å². The van der Waals surface area contributed by atoms with E-state index in [4.69, 9.17) is 10.5 Å². The van der Waals surface area contributed by atoms with E-state index in [2.05, 4.69) is 15.1 Å².